The lowest BCUT2D eigenvalue weighted by Crippen LogP contribution is -2.44. The smallest absolute Gasteiger partial charge is 0.109 e. The second kappa shape index (κ2) is 6.28. The van der Waals surface area contributed by atoms with Crippen LogP contribution in [0.15, 0.2) is 41.9 Å². The van der Waals surface area contributed by atoms with Gasteiger partial charge in [0.2, 0.25) is 0 Å². The molecule has 0 bridgehead atoms. The first-order valence-electron chi connectivity index (χ1n) is 6.60. The monoisotopic (exact) mass is 275 g/mol. The summed E-state index contributed by atoms with van der Waals surface area (Å²) < 4.78 is 0. The Morgan fingerprint density at radius 3 is 2.68 bits per heavy atom. The van der Waals surface area contributed by atoms with E-state index in [1.54, 1.807) is 11.3 Å². The number of benzene rings is 1. The molecular formula is C15H21N3S. The third-order valence-electron chi connectivity index (χ3n) is 3.31. The summed E-state index contributed by atoms with van der Waals surface area (Å²) in [5.74, 6) is 0. The Balaban J connectivity index is 2.01. The number of nitrogens with two attached hydrogens (primary N) is 1. The van der Waals surface area contributed by atoms with Gasteiger partial charge in [0.15, 0.2) is 0 Å². The van der Waals surface area contributed by atoms with Crippen molar-refractivity contribution < 1.29 is 0 Å². The van der Waals surface area contributed by atoms with Crippen LogP contribution in [0.25, 0.3) is 0 Å². The van der Waals surface area contributed by atoms with E-state index < -0.39 is 0 Å². The molecular weight excluding hydrogens is 254 g/mol. The highest BCUT2D eigenvalue weighted by atomic mass is 32.1. The van der Waals surface area contributed by atoms with Gasteiger partial charge in [0.1, 0.15) is 5.01 Å². The summed E-state index contributed by atoms with van der Waals surface area (Å²) >= 11 is 1.69. The zero-order valence-electron chi connectivity index (χ0n) is 11.5. The molecule has 0 spiro atoms. The lowest BCUT2D eigenvalue weighted by Gasteiger charge is -2.28. The number of hydrogen-bond donors (Lipinski definition) is 2. The van der Waals surface area contributed by atoms with E-state index in [0.29, 0.717) is 0 Å². The standard InChI is InChI=1S/C15H21N3S/c1-3-13(14-17-9-10-19-14)18-11-15(2,16)12-7-5-4-6-8-12/h4-10,13,18H,3,11,16H2,1-2H3. The van der Waals surface area contributed by atoms with Crippen molar-refractivity contribution in [3.8, 4) is 0 Å². The van der Waals surface area contributed by atoms with Crippen LogP contribution in [-0.2, 0) is 5.54 Å². The third-order valence-corrected chi connectivity index (χ3v) is 4.20. The maximum Gasteiger partial charge on any atom is 0.109 e. The summed E-state index contributed by atoms with van der Waals surface area (Å²) in [5, 5.41) is 6.68. The molecule has 0 fully saturated rings. The van der Waals surface area contributed by atoms with Crippen LogP contribution < -0.4 is 11.1 Å². The number of thiazole rings is 1. The van der Waals surface area contributed by atoms with Crippen LogP contribution in [0.3, 0.4) is 0 Å². The van der Waals surface area contributed by atoms with E-state index in [4.69, 9.17) is 5.73 Å². The van der Waals surface area contributed by atoms with Gasteiger partial charge < -0.3 is 11.1 Å². The van der Waals surface area contributed by atoms with Gasteiger partial charge in [-0.05, 0) is 18.9 Å². The lowest BCUT2D eigenvalue weighted by atomic mass is 9.93. The molecule has 0 aliphatic rings. The van der Waals surface area contributed by atoms with Crippen molar-refractivity contribution in [1.82, 2.24) is 10.3 Å². The molecule has 0 radical (unpaired) electrons. The van der Waals surface area contributed by atoms with Crippen LogP contribution in [0.4, 0.5) is 0 Å². The maximum atomic E-state index is 6.41. The highest BCUT2D eigenvalue weighted by Crippen LogP contribution is 2.21. The van der Waals surface area contributed by atoms with Crippen molar-refractivity contribution in [3.05, 3.63) is 52.5 Å². The fraction of sp³-hybridized carbons (Fsp3) is 0.400. The van der Waals surface area contributed by atoms with E-state index in [1.807, 2.05) is 29.8 Å². The van der Waals surface area contributed by atoms with Crippen molar-refractivity contribution in [2.24, 2.45) is 5.73 Å². The van der Waals surface area contributed by atoms with Gasteiger partial charge >= 0.3 is 0 Å². The predicted molar refractivity (Wildman–Crippen MR) is 81.1 cm³/mol. The number of nitrogens with one attached hydrogen (secondary N) is 1. The highest BCUT2D eigenvalue weighted by molar-refractivity contribution is 7.09. The average molecular weight is 275 g/mol. The molecule has 0 aliphatic heterocycles. The number of aromatic nitrogens is 1. The van der Waals surface area contributed by atoms with Gasteiger partial charge in [0, 0.05) is 18.1 Å². The molecule has 2 aromatic rings. The van der Waals surface area contributed by atoms with Crippen LogP contribution in [0.5, 0.6) is 0 Å². The Bertz CT molecular complexity index is 479. The first-order valence-corrected chi connectivity index (χ1v) is 7.48. The zero-order valence-corrected chi connectivity index (χ0v) is 12.3. The quantitative estimate of drug-likeness (QED) is 0.852. The Morgan fingerprint density at radius 2 is 2.11 bits per heavy atom. The van der Waals surface area contributed by atoms with Crippen molar-refractivity contribution in [2.45, 2.75) is 31.8 Å². The van der Waals surface area contributed by atoms with E-state index in [2.05, 4.69) is 36.3 Å². The molecule has 0 saturated heterocycles. The zero-order chi connectivity index (χ0) is 13.7. The number of rotatable bonds is 6. The van der Waals surface area contributed by atoms with Crippen LogP contribution in [0.1, 0.15) is 36.9 Å². The fourth-order valence-electron chi connectivity index (χ4n) is 2.07. The fourth-order valence-corrected chi connectivity index (χ4v) is 2.87. The van der Waals surface area contributed by atoms with Gasteiger partial charge in [-0.25, -0.2) is 4.98 Å². The topological polar surface area (TPSA) is 50.9 Å². The molecule has 102 valence electrons. The molecule has 3 N–H and O–H groups in total. The van der Waals surface area contributed by atoms with Gasteiger partial charge in [-0.15, -0.1) is 11.3 Å². The molecule has 0 aliphatic carbocycles. The number of nitrogens with zero attached hydrogens (tertiary/aromatic N) is 1. The van der Waals surface area contributed by atoms with Crippen LogP contribution in [0, 0.1) is 0 Å². The first kappa shape index (κ1) is 14.2. The molecule has 4 heteroatoms. The van der Waals surface area contributed by atoms with Crippen LogP contribution in [-0.4, -0.2) is 11.5 Å². The molecule has 0 saturated carbocycles. The largest absolute Gasteiger partial charge is 0.321 e. The van der Waals surface area contributed by atoms with Crippen LogP contribution >= 0.6 is 11.3 Å². The predicted octanol–water partition coefficient (Wildman–Crippen LogP) is 3.06. The highest BCUT2D eigenvalue weighted by Gasteiger charge is 2.22. The summed E-state index contributed by atoms with van der Waals surface area (Å²) in [6, 6.07) is 10.5. The minimum atomic E-state index is -0.369. The minimum absolute atomic E-state index is 0.284. The SMILES string of the molecule is CCC(NCC(C)(N)c1ccccc1)c1nccs1. The molecule has 3 nitrogen and oxygen atoms in total. The summed E-state index contributed by atoms with van der Waals surface area (Å²) in [6.07, 6.45) is 2.86. The van der Waals surface area contributed by atoms with Crippen molar-refractivity contribution in [1.29, 1.82) is 0 Å². The summed E-state index contributed by atoms with van der Waals surface area (Å²) in [7, 11) is 0. The Kier molecular flexibility index (Phi) is 4.69. The Labute approximate surface area is 118 Å². The van der Waals surface area contributed by atoms with Crippen LogP contribution in [0.2, 0.25) is 0 Å². The molecule has 1 aromatic carbocycles. The molecule has 2 unspecified atom stereocenters. The Hall–Kier alpha value is -1.23. The van der Waals surface area contributed by atoms with Gasteiger partial charge in [-0.3, -0.25) is 0 Å². The molecule has 19 heavy (non-hydrogen) atoms. The second-order valence-electron chi connectivity index (χ2n) is 5.00. The second-order valence-corrected chi connectivity index (χ2v) is 5.92. The molecule has 2 rings (SSSR count). The van der Waals surface area contributed by atoms with E-state index >= 15 is 0 Å². The Morgan fingerprint density at radius 1 is 1.37 bits per heavy atom. The normalized spacial score (nSPS) is 15.9. The molecule has 0 amide bonds. The summed E-state index contributed by atoms with van der Waals surface area (Å²) in [6.45, 7) is 4.95. The van der Waals surface area contributed by atoms with Gasteiger partial charge in [-0.2, -0.15) is 0 Å². The van der Waals surface area contributed by atoms with Gasteiger partial charge in [0.25, 0.3) is 0 Å². The first-order chi connectivity index (χ1) is 9.13. The number of hydrogen-bond acceptors (Lipinski definition) is 4. The summed E-state index contributed by atoms with van der Waals surface area (Å²) in [4.78, 5) is 4.38. The van der Waals surface area contributed by atoms with Crippen molar-refractivity contribution in [3.63, 3.8) is 0 Å². The van der Waals surface area contributed by atoms with E-state index in [9.17, 15) is 0 Å². The van der Waals surface area contributed by atoms with E-state index in [0.717, 1.165) is 23.5 Å². The van der Waals surface area contributed by atoms with Crippen molar-refractivity contribution in [2.75, 3.05) is 6.54 Å². The minimum Gasteiger partial charge on any atom is -0.321 e. The third kappa shape index (κ3) is 3.62. The average Bonchev–Trinajstić information content (AvgIpc) is 2.94. The van der Waals surface area contributed by atoms with E-state index in [-0.39, 0.29) is 11.6 Å². The summed E-state index contributed by atoms with van der Waals surface area (Å²) in [5.41, 5.74) is 7.20. The van der Waals surface area contributed by atoms with Crippen molar-refractivity contribution >= 4 is 11.3 Å². The lowest BCUT2D eigenvalue weighted by molar-refractivity contribution is 0.400. The maximum absolute atomic E-state index is 6.41. The van der Waals surface area contributed by atoms with E-state index in [1.165, 1.54) is 0 Å². The molecule has 2 atom stereocenters. The molecule has 1 aromatic heterocycles. The molecule has 1 heterocycles. The van der Waals surface area contributed by atoms with Gasteiger partial charge in [0.05, 0.1) is 11.6 Å². The van der Waals surface area contributed by atoms with Gasteiger partial charge in [-0.1, -0.05) is 37.3 Å².